The summed E-state index contributed by atoms with van der Waals surface area (Å²) in [4.78, 5) is 10.5. The van der Waals surface area contributed by atoms with E-state index < -0.39 is 5.97 Å². The van der Waals surface area contributed by atoms with Gasteiger partial charge in [0.25, 0.3) is 0 Å². The van der Waals surface area contributed by atoms with Crippen molar-refractivity contribution < 1.29 is 9.90 Å². The number of aryl methyl sites for hydroxylation is 1. The fraction of sp³-hybridized carbons (Fsp3) is 0.636. The smallest absolute Gasteiger partial charge is 0.303 e. The molecule has 0 spiro atoms. The van der Waals surface area contributed by atoms with Crippen LogP contribution < -0.4 is 0 Å². The van der Waals surface area contributed by atoms with Crippen LogP contribution in [0.4, 0.5) is 0 Å². The van der Waals surface area contributed by atoms with E-state index in [0.29, 0.717) is 12.3 Å². The summed E-state index contributed by atoms with van der Waals surface area (Å²) < 4.78 is 1.82. The van der Waals surface area contributed by atoms with E-state index in [1.165, 1.54) is 24.8 Å². The Morgan fingerprint density at radius 3 is 2.93 bits per heavy atom. The van der Waals surface area contributed by atoms with Crippen molar-refractivity contribution in [2.24, 2.45) is 7.05 Å². The molecule has 1 heterocycles. The topological polar surface area (TPSA) is 55.1 Å². The van der Waals surface area contributed by atoms with Crippen molar-refractivity contribution >= 4 is 5.97 Å². The molecule has 1 aromatic heterocycles. The van der Waals surface area contributed by atoms with Gasteiger partial charge in [-0.25, -0.2) is 0 Å². The van der Waals surface area contributed by atoms with Gasteiger partial charge in [-0.3, -0.25) is 9.48 Å². The minimum Gasteiger partial charge on any atom is -0.481 e. The third kappa shape index (κ3) is 2.03. The van der Waals surface area contributed by atoms with Crippen molar-refractivity contribution in [1.82, 2.24) is 9.78 Å². The van der Waals surface area contributed by atoms with E-state index >= 15 is 0 Å². The Labute approximate surface area is 88.9 Å². The highest BCUT2D eigenvalue weighted by atomic mass is 16.4. The molecule has 1 saturated carbocycles. The van der Waals surface area contributed by atoms with Crippen LogP contribution in [-0.2, 0) is 18.3 Å². The first-order valence-corrected chi connectivity index (χ1v) is 5.41. The predicted molar refractivity (Wildman–Crippen MR) is 55.8 cm³/mol. The van der Waals surface area contributed by atoms with Crippen LogP contribution in [0.1, 0.15) is 42.9 Å². The maximum Gasteiger partial charge on any atom is 0.303 e. The van der Waals surface area contributed by atoms with Gasteiger partial charge in [-0.2, -0.15) is 5.10 Å². The molecule has 4 nitrogen and oxygen atoms in total. The number of carboxylic acids is 1. The van der Waals surface area contributed by atoms with Gasteiger partial charge >= 0.3 is 5.97 Å². The summed E-state index contributed by atoms with van der Waals surface area (Å²) in [5.74, 6) is -0.113. The summed E-state index contributed by atoms with van der Waals surface area (Å²) in [5.41, 5.74) is 2.37. The highest BCUT2D eigenvalue weighted by Crippen LogP contribution is 2.38. The van der Waals surface area contributed by atoms with Crippen molar-refractivity contribution in [2.45, 2.75) is 38.0 Å². The van der Waals surface area contributed by atoms with E-state index in [4.69, 9.17) is 5.11 Å². The largest absolute Gasteiger partial charge is 0.481 e. The molecule has 2 rings (SSSR count). The Morgan fingerprint density at radius 1 is 1.67 bits per heavy atom. The maximum absolute atomic E-state index is 10.5. The molecule has 1 N–H and O–H groups in total. The Kier molecular flexibility index (Phi) is 2.75. The summed E-state index contributed by atoms with van der Waals surface area (Å²) in [7, 11) is 1.89. The molecule has 0 radical (unpaired) electrons. The number of hydrogen-bond acceptors (Lipinski definition) is 2. The van der Waals surface area contributed by atoms with E-state index in [2.05, 4.69) is 5.10 Å². The zero-order chi connectivity index (χ0) is 10.8. The molecule has 1 aliphatic rings. The lowest BCUT2D eigenvalue weighted by Gasteiger charge is -2.25. The number of aliphatic carboxylic acids is 1. The molecule has 0 aliphatic heterocycles. The van der Waals surface area contributed by atoms with Gasteiger partial charge in [0.05, 0.1) is 12.6 Å². The van der Waals surface area contributed by atoms with Gasteiger partial charge in [0.1, 0.15) is 0 Å². The number of carbonyl (C=O) groups is 1. The molecule has 0 unspecified atom stereocenters. The highest BCUT2D eigenvalue weighted by molar-refractivity contribution is 5.67. The van der Waals surface area contributed by atoms with Gasteiger partial charge in [-0.05, 0) is 24.3 Å². The van der Waals surface area contributed by atoms with Crippen LogP contribution in [-0.4, -0.2) is 20.9 Å². The lowest BCUT2D eigenvalue weighted by atomic mass is 9.80. The Balaban J connectivity index is 2.12. The molecular weight excluding hydrogens is 192 g/mol. The first-order chi connectivity index (χ1) is 7.18. The summed E-state index contributed by atoms with van der Waals surface area (Å²) in [6.07, 6.45) is 6.44. The van der Waals surface area contributed by atoms with Gasteiger partial charge in [0.15, 0.2) is 0 Å². The van der Waals surface area contributed by atoms with Crippen LogP contribution in [0.5, 0.6) is 0 Å². The van der Waals surface area contributed by atoms with Crippen LogP contribution in [0, 0.1) is 0 Å². The van der Waals surface area contributed by atoms with Crippen LogP contribution in [0.15, 0.2) is 6.20 Å². The van der Waals surface area contributed by atoms with Crippen molar-refractivity contribution in [3.8, 4) is 0 Å². The third-order valence-corrected chi connectivity index (χ3v) is 3.21. The van der Waals surface area contributed by atoms with Gasteiger partial charge in [0.2, 0.25) is 0 Å². The molecule has 82 valence electrons. The second-order valence-electron chi connectivity index (χ2n) is 4.19. The molecule has 0 bridgehead atoms. The number of nitrogens with zero attached hydrogens (tertiary/aromatic N) is 2. The number of aromatic nitrogens is 2. The molecule has 1 aliphatic carbocycles. The maximum atomic E-state index is 10.5. The van der Waals surface area contributed by atoms with Gasteiger partial charge in [-0.15, -0.1) is 0 Å². The Hall–Kier alpha value is -1.32. The first kappa shape index (κ1) is 10.2. The van der Waals surface area contributed by atoms with Crippen LogP contribution in [0.2, 0.25) is 0 Å². The number of carboxylic acid groups (broad SMARTS) is 1. The predicted octanol–water partition coefficient (Wildman–Crippen LogP) is 1.70. The average Bonchev–Trinajstić information content (AvgIpc) is 2.42. The minimum atomic E-state index is -0.740. The van der Waals surface area contributed by atoms with Crippen LogP contribution in [0.25, 0.3) is 0 Å². The van der Waals surface area contributed by atoms with E-state index in [1.807, 2.05) is 17.9 Å². The Bertz CT molecular complexity index is 367. The SMILES string of the molecule is Cn1ncc(C2CCC2)c1CCC(=O)O. The zero-order valence-electron chi connectivity index (χ0n) is 8.94. The summed E-state index contributed by atoms with van der Waals surface area (Å²) in [6, 6.07) is 0. The fourth-order valence-electron chi connectivity index (χ4n) is 2.07. The molecule has 4 heteroatoms. The van der Waals surface area contributed by atoms with Gasteiger partial charge in [-0.1, -0.05) is 6.42 Å². The lowest BCUT2D eigenvalue weighted by molar-refractivity contribution is -0.136. The molecule has 1 aromatic rings. The monoisotopic (exact) mass is 208 g/mol. The third-order valence-electron chi connectivity index (χ3n) is 3.21. The fourth-order valence-corrected chi connectivity index (χ4v) is 2.07. The molecular formula is C11H16N2O2. The molecule has 0 aromatic carbocycles. The van der Waals surface area contributed by atoms with Crippen molar-refractivity contribution in [1.29, 1.82) is 0 Å². The zero-order valence-corrected chi connectivity index (χ0v) is 8.94. The van der Waals surface area contributed by atoms with E-state index in [-0.39, 0.29) is 6.42 Å². The first-order valence-electron chi connectivity index (χ1n) is 5.41. The lowest BCUT2D eigenvalue weighted by Crippen LogP contribution is -2.12. The Morgan fingerprint density at radius 2 is 2.40 bits per heavy atom. The van der Waals surface area contributed by atoms with Gasteiger partial charge in [0, 0.05) is 19.2 Å². The standard InChI is InChI=1S/C11H16N2O2/c1-13-10(5-6-11(14)15)9(7-12-13)8-3-2-4-8/h7-8H,2-6H2,1H3,(H,14,15). The quantitative estimate of drug-likeness (QED) is 0.819. The van der Waals surface area contributed by atoms with Crippen molar-refractivity contribution in [2.75, 3.05) is 0 Å². The van der Waals surface area contributed by atoms with E-state index in [0.717, 1.165) is 5.69 Å². The van der Waals surface area contributed by atoms with E-state index in [1.54, 1.807) is 0 Å². The molecule has 15 heavy (non-hydrogen) atoms. The van der Waals surface area contributed by atoms with Crippen molar-refractivity contribution in [3.63, 3.8) is 0 Å². The normalized spacial score (nSPS) is 16.3. The average molecular weight is 208 g/mol. The number of hydrogen-bond donors (Lipinski definition) is 1. The second-order valence-corrected chi connectivity index (χ2v) is 4.19. The number of rotatable bonds is 4. The summed E-state index contributed by atoms with van der Waals surface area (Å²) in [6.45, 7) is 0. The molecule has 1 fully saturated rings. The summed E-state index contributed by atoms with van der Waals surface area (Å²) in [5, 5.41) is 12.9. The van der Waals surface area contributed by atoms with Crippen molar-refractivity contribution in [3.05, 3.63) is 17.5 Å². The van der Waals surface area contributed by atoms with E-state index in [9.17, 15) is 4.79 Å². The second kappa shape index (κ2) is 4.04. The summed E-state index contributed by atoms with van der Waals surface area (Å²) >= 11 is 0. The van der Waals surface area contributed by atoms with Gasteiger partial charge < -0.3 is 5.11 Å². The molecule has 0 saturated heterocycles. The minimum absolute atomic E-state index is 0.194. The highest BCUT2D eigenvalue weighted by Gasteiger charge is 2.24. The molecule has 0 amide bonds. The van der Waals surface area contributed by atoms with Crippen LogP contribution in [0.3, 0.4) is 0 Å². The van der Waals surface area contributed by atoms with Crippen LogP contribution >= 0.6 is 0 Å². The molecule has 0 atom stereocenters.